The molecule has 4 nitrogen and oxygen atoms in total. The molecule has 1 N–H and O–H groups in total. The van der Waals surface area contributed by atoms with Crippen LogP contribution in [0.1, 0.15) is 43.4 Å². The number of carbonyl (C=O) groups is 2. The van der Waals surface area contributed by atoms with Gasteiger partial charge in [0.2, 0.25) is 0 Å². The van der Waals surface area contributed by atoms with Crippen molar-refractivity contribution in [3.63, 3.8) is 0 Å². The van der Waals surface area contributed by atoms with Gasteiger partial charge in [0.25, 0.3) is 5.91 Å². The summed E-state index contributed by atoms with van der Waals surface area (Å²) in [6, 6.07) is 13.3. The molecule has 0 fully saturated rings. The Bertz CT molecular complexity index is 784. The maximum Gasteiger partial charge on any atom is 0.311 e. The number of anilines is 1. The lowest BCUT2D eigenvalue weighted by Gasteiger charge is -2.19. The Kier molecular flexibility index (Phi) is 6.98. The summed E-state index contributed by atoms with van der Waals surface area (Å²) >= 11 is 3.36. The Morgan fingerprint density at radius 2 is 1.73 bits per heavy atom. The first-order chi connectivity index (χ1) is 12.3. The zero-order chi connectivity index (χ0) is 19.3. The molecule has 0 spiro atoms. The third-order valence-corrected chi connectivity index (χ3v) is 4.64. The Morgan fingerprint density at radius 1 is 1.08 bits per heavy atom. The van der Waals surface area contributed by atoms with E-state index in [4.69, 9.17) is 4.74 Å². The zero-order valence-corrected chi connectivity index (χ0v) is 17.1. The number of benzene rings is 2. The fourth-order valence-corrected chi connectivity index (χ4v) is 2.89. The third-order valence-electron chi connectivity index (χ3n) is 4.11. The summed E-state index contributed by atoms with van der Waals surface area (Å²) in [4.78, 5) is 24.6. The van der Waals surface area contributed by atoms with Gasteiger partial charge < -0.3 is 10.1 Å². The maximum atomic E-state index is 12.5. The Balaban J connectivity index is 1.99. The highest BCUT2D eigenvalue weighted by Gasteiger charge is 2.20. The van der Waals surface area contributed by atoms with Gasteiger partial charge in [-0.2, -0.15) is 0 Å². The number of halogens is 1. The van der Waals surface area contributed by atoms with Crippen LogP contribution in [0, 0.1) is 6.92 Å². The van der Waals surface area contributed by atoms with E-state index in [0.717, 1.165) is 26.9 Å². The molecular formula is C21H24BrNO3. The lowest BCUT2D eigenvalue weighted by molar-refractivity contribution is -0.152. The van der Waals surface area contributed by atoms with Crippen molar-refractivity contribution in [1.82, 2.24) is 0 Å². The first-order valence-corrected chi connectivity index (χ1v) is 9.41. The standard InChI is InChI=1S/C21H24BrNO3/c1-13(2)18-7-5-6-14(3)20(18)23-21(25)15(4)26-19(24)12-16-8-10-17(22)11-9-16/h5-11,13,15H,12H2,1-4H3,(H,23,25)/t15-/m1/s1. The van der Waals surface area contributed by atoms with Crippen LogP contribution in [0.15, 0.2) is 46.9 Å². The van der Waals surface area contributed by atoms with Gasteiger partial charge >= 0.3 is 5.97 Å². The molecule has 0 aliphatic carbocycles. The van der Waals surface area contributed by atoms with Crippen LogP contribution in [0.5, 0.6) is 0 Å². The molecule has 5 heteroatoms. The van der Waals surface area contributed by atoms with Crippen LogP contribution in [0.25, 0.3) is 0 Å². The minimum Gasteiger partial charge on any atom is -0.452 e. The monoisotopic (exact) mass is 417 g/mol. The third kappa shape index (κ3) is 5.43. The lowest BCUT2D eigenvalue weighted by Crippen LogP contribution is -2.31. The molecule has 1 atom stereocenters. The number of hydrogen-bond acceptors (Lipinski definition) is 3. The maximum absolute atomic E-state index is 12.5. The van der Waals surface area contributed by atoms with Crippen LogP contribution in [0.4, 0.5) is 5.69 Å². The molecule has 2 aromatic rings. The van der Waals surface area contributed by atoms with Crippen LogP contribution in [0.2, 0.25) is 0 Å². The second-order valence-electron chi connectivity index (χ2n) is 6.62. The summed E-state index contributed by atoms with van der Waals surface area (Å²) < 4.78 is 6.24. The van der Waals surface area contributed by atoms with E-state index in [1.165, 1.54) is 0 Å². The highest BCUT2D eigenvalue weighted by molar-refractivity contribution is 9.10. The number of rotatable bonds is 6. The van der Waals surface area contributed by atoms with Crippen molar-refractivity contribution in [3.05, 3.63) is 63.6 Å². The van der Waals surface area contributed by atoms with Crippen LogP contribution in [-0.4, -0.2) is 18.0 Å². The van der Waals surface area contributed by atoms with Crippen molar-refractivity contribution >= 4 is 33.5 Å². The zero-order valence-electron chi connectivity index (χ0n) is 15.5. The van der Waals surface area contributed by atoms with Crippen molar-refractivity contribution in [2.45, 2.75) is 46.1 Å². The first-order valence-electron chi connectivity index (χ1n) is 8.62. The highest BCUT2D eigenvalue weighted by atomic mass is 79.9. The molecule has 0 aromatic heterocycles. The number of ether oxygens (including phenoxy) is 1. The quantitative estimate of drug-likeness (QED) is 0.673. The van der Waals surface area contributed by atoms with Gasteiger partial charge in [-0.1, -0.05) is 60.1 Å². The van der Waals surface area contributed by atoms with E-state index >= 15 is 0 Å². The van der Waals surface area contributed by atoms with Gasteiger partial charge in [0.15, 0.2) is 6.10 Å². The van der Waals surface area contributed by atoms with E-state index in [9.17, 15) is 9.59 Å². The number of amides is 1. The van der Waals surface area contributed by atoms with Crippen LogP contribution in [0.3, 0.4) is 0 Å². The van der Waals surface area contributed by atoms with E-state index in [1.807, 2.05) is 49.4 Å². The molecule has 0 saturated carbocycles. The number of esters is 1. The van der Waals surface area contributed by atoms with E-state index in [2.05, 4.69) is 35.1 Å². The van der Waals surface area contributed by atoms with Crippen molar-refractivity contribution in [2.75, 3.05) is 5.32 Å². The van der Waals surface area contributed by atoms with Gasteiger partial charge in [-0.15, -0.1) is 0 Å². The van der Waals surface area contributed by atoms with Gasteiger partial charge in [0.1, 0.15) is 0 Å². The highest BCUT2D eigenvalue weighted by Crippen LogP contribution is 2.27. The van der Waals surface area contributed by atoms with E-state index in [-0.39, 0.29) is 18.2 Å². The van der Waals surface area contributed by atoms with E-state index in [1.54, 1.807) is 6.92 Å². The van der Waals surface area contributed by atoms with Crippen LogP contribution < -0.4 is 5.32 Å². The van der Waals surface area contributed by atoms with Crippen molar-refractivity contribution in [3.8, 4) is 0 Å². The van der Waals surface area contributed by atoms with Crippen molar-refractivity contribution in [1.29, 1.82) is 0 Å². The van der Waals surface area contributed by atoms with Crippen molar-refractivity contribution in [2.24, 2.45) is 0 Å². The molecule has 0 unspecified atom stereocenters. The van der Waals surface area contributed by atoms with Crippen LogP contribution >= 0.6 is 15.9 Å². The molecule has 2 rings (SSSR count). The predicted octanol–water partition coefficient (Wildman–Crippen LogP) is 4.99. The molecule has 0 aliphatic heterocycles. The molecule has 138 valence electrons. The Labute approximate surface area is 163 Å². The summed E-state index contributed by atoms with van der Waals surface area (Å²) in [6.45, 7) is 7.69. The molecule has 0 aliphatic rings. The second-order valence-corrected chi connectivity index (χ2v) is 7.53. The van der Waals surface area contributed by atoms with Gasteiger partial charge in [-0.3, -0.25) is 9.59 Å². The number of para-hydroxylation sites is 1. The number of hydrogen-bond donors (Lipinski definition) is 1. The predicted molar refractivity (Wildman–Crippen MR) is 107 cm³/mol. The number of carbonyl (C=O) groups excluding carboxylic acids is 2. The topological polar surface area (TPSA) is 55.4 Å². The summed E-state index contributed by atoms with van der Waals surface area (Å²) in [7, 11) is 0. The minimum absolute atomic E-state index is 0.131. The van der Waals surface area contributed by atoms with E-state index in [0.29, 0.717) is 0 Å². The summed E-state index contributed by atoms with van der Waals surface area (Å²) in [6.07, 6.45) is -0.732. The molecule has 26 heavy (non-hydrogen) atoms. The number of aryl methyl sites for hydroxylation is 1. The summed E-state index contributed by atoms with van der Waals surface area (Å²) in [5, 5.41) is 2.91. The molecule has 0 heterocycles. The lowest BCUT2D eigenvalue weighted by atomic mass is 9.98. The minimum atomic E-state index is -0.863. The molecule has 2 aromatic carbocycles. The van der Waals surface area contributed by atoms with Gasteiger partial charge in [0, 0.05) is 10.2 Å². The average Bonchev–Trinajstić information content (AvgIpc) is 2.58. The SMILES string of the molecule is Cc1cccc(C(C)C)c1NC(=O)[C@@H](C)OC(=O)Cc1ccc(Br)cc1. The second kappa shape index (κ2) is 8.99. The smallest absolute Gasteiger partial charge is 0.311 e. The number of nitrogens with one attached hydrogen (secondary N) is 1. The summed E-state index contributed by atoms with van der Waals surface area (Å²) in [5.41, 5.74) is 3.68. The molecule has 1 amide bonds. The van der Waals surface area contributed by atoms with Crippen LogP contribution in [-0.2, 0) is 20.7 Å². The fourth-order valence-electron chi connectivity index (χ4n) is 2.63. The first kappa shape index (κ1) is 20.2. The normalized spacial score (nSPS) is 11.9. The Morgan fingerprint density at radius 3 is 2.35 bits per heavy atom. The molecule has 0 radical (unpaired) electrons. The molecule has 0 bridgehead atoms. The fraction of sp³-hybridized carbons (Fsp3) is 0.333. The van der Waals surface area contributed by atoms with E-state index < -0.39 is 12.1 Å². The largest absolute Gasteiger partial charge is 0.452 e. The Hall–Kier alpha value is -2.14. The molecular weight excluding hydrogens is 394 g/mol. The van der Waals surface area contributed by atoms with Gasteiger partial charge in [-0.25, -0.2) is 0 Å². The van der Waals surface area contributed by atoms with Crippen molar-refractivity contribution < 1.29 is 14.3 Å². The van der Waals surface area contributed by atoms with Gasteiger partial charge in [0.05, 0.1) is 6.42 Å². The average molecular weight is 418 g/mol. The molecule has 0 saturated heterocycles. The van der Waals surface area contributed by atoms with Gasteiger partial charge in [-0.05, 0) is 48.6 Å². The summed E-state index contributed by atoms with van der Waals surface area (Å²) in [5.74, 6) is -0.477.